The molecule has 0 bridgehead atoms. The van der Waals surface area contributed by atoms with Gasteiger partial charge in [-0.05, 0) is 44.5 Å². The van der Waals surface area contributed by atoms with Crippen LogP contribution in [0.15, 0.2) is 28.8 Å². The van der Waals surface area contributed by atoms with Gasteiger partial charge in [0.15, 0.2) is 5.82 Å². The first-order chi connectivity index (χ1) is 12.0. The molecule has 1 fully saturated rings. The number of carbonyl (C=O) groups is 1. The molecular weight excluding hydrogens is 320 g/mol. The van der Waals surface area contributed by atoms with Crippen LogP contribution in [-0.2, 0) is 9.53 Å². The van der Waals surface area contributed by atoms with Crippen molar-refractivity contribution in [3.63, 3.8) is 0 Å². The van der Waals surface area contributed by atoms with E-state index in [1.54, 1.807) is 13.0 Å². The molecule has 1 aromatic heterocycles. The SMILES string of the molecule is Cc1cc(NC(=O)[C@H](C)Nc2ccc(N3CCOCC3)cc2C)no1. The van der Waals surface area contributed by atoms with Crippen LogP contribution in [0.1, 0.15) is 18.2 Å². The fourth-order valence-electron chi connectivity index (χ4n) is 2.79. The molecule has 1 atom stereocenters. The predicted molar refractivity (Wildman–Crippen MR) is 97.2 cm³/mol. The summed E-state index contributed by atoms with van der Waals surface area (Å²) in [5, 5.41) is 9.77. The smallest absolute Gasteiger partial charge is 0.247 e. The van der Waals surface area contributed by atoms with Crippen LogP contribution in [0.25, 0.3) is 0 Å². The van der Waals surface area contributed by atoms with Crippen molar-refractivity contribution in [3.05, 3.63) is 35.6 Å². The van der Waals surface area contributed by atoms with Gasteiger partial charge in [-0.3, -0.25) is 4.79 Å². The van der Waals surface area contributed by atoms with Crippen molar-refractivity contribution < 1.29 is 14.1 Å². The molecule has 134 valence electrons. The number of nitrogens with zero attached hydrogens (tertiary/aromatic N) is 2. The Labute approximate surface area is 147 Å². The highest BCUT2D eigenvalue weighted by Gasteiger charge is 2.16. The van der Waals surface area contributed by atoms with E-state index in [0.29, 0.717) is 11.6 Å². The van der Waals surface area contributed by atoms with Gasteiger partial charge in [0.1, 0.15) is 11.8 Å². The zero-order chi connectivity index (χ0) is 17.8. The average molecular weight is 344 g/mol. The van der Waals surface area contributed by atoms with Gasteiger partial charge in [0.25, 0.3) is 0 Å². The zero-order valence-corrected chi connectivity index (χ0v) is 14.8. The van der Waals surface area contributed by atoms with Gasteiger partial charge >= 0.3 is 0 Å². The van der Waals surface area contributed by atoms with Gasteiger partial charge in [0.05, 0.1) is 13.2 Å². The summed E-state index contributed by atoms with van der Waals surface area (Å²) in [6.07, 6.45) is 0. The third-order valence-electron chi connectivity index (χ3n) is 4.23. The number of hydrogen-bond donors (Lipinski definition) is 2. The van der Waals surface area contributed by atoms with E-state index in [2.05, 4.69) is 32.8 Å². The fraction of sp³-hybridized carbons (Fsp3) is 0.444. The van der Waals surface area contributed by atoms with Gasteiger partial charge in [0.2, 0.25) is 5.91 Å². The maximum absolute atomic E-state index is 12.3. The molecular formula is C18H24N4O3. The maximum Gasteiger partial charge on any atom is 0.247 e. The number of aryl methyl sites for hydroxylation is 2. The van der Waals surface area contributed by atoms with Crippen molar-refractivity contribution >= 4 is 23.1 Å². The fourth-order valence-corrected chi connectivity index (χ4v) is 2.79. The van der Waals surface area contributed by atoms with Gasteiger partial charge in [0, 0.05) is 30.5 Å². The number of morpholine rings is 1. The summed E-state index contributed by atoms with van der Waals surface area (Å²) in [6, 6.07) is 7.52. The molecule has 1 amide bonds. The molecule has 2 aromatic rings. The minimum absolute atomic E-state index is 0.162. The number of ether oxygens (including phenoxy) is 1. The standard InChI is InChI=1S/C18H24N4O3/c1-12-10-15(22-6-8-24-9-7-22)4-5-16(12)19-14(3)18(23)20-17-11-13(2)25-21-17/h4-5,10-11,14,19H,6-9H2,1-3H3,(H,20,21,23)/t14-/m0/s1. The first-order valence-electron chi connectivity index (χ1n) is 8.47. The lowest BCUT2D eigenvalue weighted by Gasteiger charge is -2.29. The summed E-state index contributed by atoms with van der Waals surface area (Å²) in [6.45, 7) is 8.97. The number of hydrogen-bond acceptors (Lipinski definition) is 6. The largest absolute Gasteiger partial charge is 0.378 e. The number of rotatable bonds is 5. The van der Waals surface area contributed by atoms with E-state index in [1.807, 2.05) is 19.9 Å². The topological polar surface area (TPSA) is 79.6 Å². The third kappa shape index (κ3) is 4.30. The monoisotopic (exact) mass is 344 g/mol. The number of nitrogens with one attached hydrogen (secondary N) is 2. The van der Waals surface area contributed by atoms with Gasteiger partial charge in [-0.1, -0.05) is 5.16 Å². The van der Waals surface area contributed by atoms with Gasteiger partial charge in [-0.2, -0.15) is 0 Å². The van der Waals surface area contributed by atoms with Crippen molar-refractivity contribution in [1.82, 2.24) is 5.16 Å². The van der Waals surface area contributed by atoms with Crippen molar-refractivity contribution in [2.45, 2.75) is 26.8 Å². The molecule has 1 aliphatic heterocycles. The van der Waals surface area contributed by atoms with Gasteiger partial charge < -0.3 is 24.8 Å². The average Bonchev–Trinajstić information content (AvgIpc) is 3.02. The Balaban J connectivity index is 1.62. The van der Waals surface area contributed by atoms with Gasteiger partial charge in [-0.25, -0.2) is 0 Å². The minimum Gasteiger partial charge on any atom is -0.378 e. The predicted octanol–water partition coefficient (Wildman–Crippen LogP) is 2.57. The second-order valence-electron chi connectivity index (χ2n) is 6.28. The number of anilines is 3. The van der Waals surface area contributed by atoms with E-state index in [-0.39, 0.29) is 5.91 Å². The molecule has 25 heavy (non-hydrogen) atoms. The zero-order valence-electron chi connectivity index (χ0n) is 14.8. The molecule has 7 heteroatoms. The third-order valence-corrected chi connectivity index (χ3v) is 4.23. The second kappa shape index (κ2) is 7.57. The molecule has 0 spiro atoms. The number of amides is 1. The van der Waals surface area contributed by atoms with Crippen molar-refractivity contribution in [1.29, 1.82) is 0 Å². The van der Waals surface area contributed by atoms with E-state index in [9.17, 15) is 4.79 Å². The number of benzene rings is 1. The van der Waals surface area contributed by atoms with Crippen molar-refractivity contribution in [2.24, 2.45) is 0 Å². The van der Waals surface area contributed by atoms with Crippen LogP contribution < -0.4 is 15.5 Å². The van der Waals surface area contributed by atoms with Crippen molar-refractivity contribution in [3.8, 4) is 0 Å². The van der Waals surface area contributed by atoms with E-state index in [4.69, 9.17) is 9.26 Å². The molecule has 0 radical (unpaired) electrons. The summed E-state index contributed by atoms with van der Waals surface area (Å²) in [7, 11) is 0. The van der Waals surface area contributed by atoms with E-state index >= 15 is 0 Å². The van der Waals surface area contributed by atoms with Gasteiger partial charge in [-0.15, -0.1) is 0 Å². The lowest BCUT2D eigenvalue weighted by atomic mass is 10.1. The Bertz CT molecular complexity index is 738. The molecule has 0 aliphatic carbocycles. The number of aromatic nitrogens is 1. The van der Waals surface area contributed by atoms with E-state index in [1.165, 1.54) is 5.69 Å². The minimum atomic E-state index is -0.398. The van der Waals surface area contributed by atoms with Crippen LogP contribution in [-0.4, -0.2) is 43.4 Å². The molecule has 7 nitrogen and oxygen atoms in total. The van der Waals surface area contributed by atoms with Crippen molar-refractivity contribution in [2.75, 3.05) is 41.8 Å². The summed E-state index contributed by atoms with van der Waals surface area (Å²) in [5.41, 5.74) is 3.22. The Morgan fingerprint density at radius 2 is 2.00 bits per heavy atom. The number of carbonyl (C=O) groups excluding carboxylic acids is 1. The van der Waals surface area contributed by atoms with E-state index in [0.717, 1.165) is 37.6 Å². The van der Waals surface area contributed by atoms with Crippen LogP contribution in [0, 0.1) is 13.8 Å². The second-order valence-corrected chi connectivity index (χ2v) is 6.28. The lowest BCUT2D eigenvalue weighted by molar-refractivity contribution is -0.116. The molecule has 1 saturated heterocycles. The highest BCUT2D eigenvalue weighted by molar-refractivity contribution is 5.95. The maximum atomic E-state index is 12.3. The first kappa shape index (κ1) is 17.3. The normalized spacial score (nSPS) is 15.7. The van der Waals surface area contributed by atoms with Crippen LogP contribution in [0.5, 0.6) is 0 Å². The highest BCUT2D eigenvalue weighted by atomic mass is 16.5. The summed E-state index contributed by atoms with van der Waals surface area (Å²) in [5.74, 6) is 0.922. The van der Waals surface area contributed by atoms with Crippen LogP contribution in [0.2, 0.25) is 0 Å². The Kier molecular flexibility index (Phi) is 5.23. The molecule has 2 heterocycles. The van der Waals surface area contributed by atoms with Crippen LogP contribution in [0.3, 0.4) is 0 Å². The molecule has 0 unspecified atom stereocenters. The van der Waals surface area contributed by atoms with Crippen LogP contribution in [0.4, 0.5) is 17.2 Å². The quantitative estimate of drug-likeness (QED) is 0.868. The Morgan fingerprint density at radius 1 is 1.24 bits per heavy atom. The summed E-state index contributed by atoms with van der Waals surface area (Å²) < 4.78 is 10.3. The first-order valence-corrected chi connectivity index (χ1v) is 8.47. The Hall–Kier alpha value is -2.54. The Morgan fingerprint density at radius 3 is 2.64 bits per heavy atom. The molecule has 3 rings (SSSR count). The van der Waals surface area contributed by atoms with E-state index < -0.39 is 6.04 Å². The molecule has 0 saturated carbocycles. The lowest BCUT2D eigenvalue weighted by Crippen LogP contribution is -2.36. The summed E-state index contributed by atoms with van der Waals surface area (Å²) >= 11 is 0. The van der Waals surface area contributed by atoms with Crippen LogP contribution >= 0.6 is 0 Å². The molecule has 2 N–H and O–H groups in total. The highest BCUT2D eigenvalue weighted by Crippen LogP contribution is 2.24. The summed E-state index contributed by atoms with van der Waals surface area (Å²) in [4.78, 5) is 14.6. The molecule has 1 aliphatic rings. The molecule has 1 aromatic carbocycles.